The van der Waals surface area contributed by atoms with Crippen molar-refractivity contribution < 1.29 is 4.79 Å². The number of hydrogen-bond donors (Lipinski definition) is 1. The molecule has 2 aliphatic heterocycles. The number of pyridine rings is 1. The molecular weight excluding hydrogens is 326 g/mol. The van der Waals surface area contributed by atoms with Gasteiger partial charge in [0.1, 0.15) is 5.82 Å². The third-order valence-electron chi connectivity index (χ3n) is 5.54. The average Bonchev–Trinajstić information content (AvgIpc) is 2.69. The fraction of sp³-hybridized carbons (Fsp3) is 0.700. The van der Waals surface area contributed by atoms with Gasteiger partial charge in [-0.15, -0.1) is 0 Å². The zero-order valence-corrected chi connectivity index (χ0v) is 16.3. The third-order valence-corrected chi connectivity index (χ3v) is 5.54. The van der Waals surface area contributed by atoms with E-state index in [9.17, 15) is 4.79 Å². The van der Waals surface area contributed by atoms with E-state index in [1.807, 2.05) is 17.0 Å². The first-order valence-electron chi connectivity index (χ1n) is 10.1. The maximum Gasteiger partial charge on any atom is 0.257 e. The topological polar surface area (TPSA) is 51.7 Å². The molecule has 0 aliphatic carbocycles. The number of anilines is 1. The molecule has 0 unspecified atom stereocenters. The molecule has 6 heteroatoms. The summed E-state index contributed by atoms with van der Waals surface area (Å²) in [6.07, 6.45) is 5.72. The van der Waals surface area contributed by atoms with Crippen LogP contribution in [-0.4, -0.2) is 84.0 Å². The molecule has 0 bridgehead atoms. The zero-order chi connectivity index (χ0) is 18.4. The molecule has 2 aliphatic rings. The van der Waals surface area contributed by atoms with Crippen LogP contribution < -0.4 is 5.32 Å². The molecule has 3 rings (SSSR count). The summed E-state index contributed by atoms with van der Waals surface area (Å²) in [5, 5.41) is 3.40. The summed E-state index contributed by atoms with van der Waals surface area (Å²) in [6.45, 7) is 12.1. The standard InChI is InChI=1S/C20H33N5O/c1-17(2)24-13-15-25(16-14-24)20(26)18-7-6-8-21-19(18)22-9-12-23-10-4-3-5-11-23/h6-8,17H,3-5,9-16H2,1-2H3,(H,21,22). The number of aromatic nitrogens is 1. The maximum absolute atomic E-state index is 13.0. The Morgan fingerprint density at radius 1 is 1.12 bits per heavy atom. The SMILES string of the molecule is CC(C)N1CCN(C(=O)c2cccnc2NCCN2CCCCC2)CC1. The molecule has 0 radical (unpaired) electrons. The van der Waals surface area contributed by atoms with Crippen molar-refractivity contribution in [1.29, 1.82) is 0 Å². The van der Waals surface area contributed by atoms with Crippen molar-refractivity contribution in [1.82, 2.24) is 19.7 Å². The molecule has 0 saturated carbocycles. The number of nitrogens with zero attached hydrogens (tertiary/aromatic N) is 4. The quantitative estimate of drug-likeness (QED) is 0.843. The van der Waals surface area contributed by atoms with Gasteiger partial charge in [-0.1, -0.05) is 6.42 Å². The Morgan fingerprint density at radius 2 is 1.85 bits per heavy atom. The predicted octanol–water partition coefficient (Wildman–Crippen LogP) is 2.15. The molecule has 1 aromatic heterocycles. The predicted molar refractivity (Wildman–Crippen MR) is 106 cm³/mol. The number of likely N-dealkylation sites (tertiary alicyclic amines) is 1. The van der Waals surface area contributed by atoms with E-state index in [0.29, 0.717) is 11.6 Å². The van der Waals surface area contributed by atoms with E-state index >= 15 is 0 Å². The summed E-state index contributed by atoms with van der Waals surface area (Å²) in [4.78, 5) is 24.3. The Morgan fingerprint density at radius 3 is 2.54 bits per heavy atom. The first kappa shape index (κ1) is 19.1. The van der Waals surface area contributed by atoms with Crippen molar-refractivity contribution in [2.24, 2.45) is 0 Å². The molecule has 26 heavy (non-hydrogen) atoms. The van der Waals surface area contributed by atoms with Crippen LogP contribution in [0.25, 0.3) is 0 Å². The number of amides is 1. The minimum Gasteiger partial charge on any atom is -0.368 e. The molecule has 2 saturated heterocycles. The molecule has 2 fully saturated rings. The molecule has 3 heterocycles. The number of carbonyl (C=O) groups excluding carboxylic acids is 1. The first-order chi connectivity index (χ1) is 12.6. The van der Waals surface area contributed by atoms with Gasteiger partial charge in [0, 0.05) is 51.5 Å². The fourth-order valence-corrected chi connectivity index (χ4v) is 3.85. The smallest absolute Gasteiger partial charge is 0.257 e. The number of carbonyl (C=O) groups is 1. The summed E-state index contributed by atoms with van der Waals surface area (Å²) in [5.41, 5.74) is 0.698. The van der Waals surface area contributed by atoms with E-state index < -0.39 is 0 Å². The molecule has 0 aromatic carbocycles. The van der Waals surface area contributed by atoms with Crippen LogP contribution in [0.3, 0.4) is 0 Å². The number of nitrogens with one attached hydrogen (secondary N) is 1. The molecule has 6 nitrogen and oxygen atoms in total. The van der Waals surface area contributed by atoms with Crippen LogP contribution in [0.1, 0.15) is 43.5 Å². The van der Waals surface area contributed by atoms with Crippen LogP contribution >= 0.6 is 0 Å². The molecule has 144 valence electrons. The molecule has 1 aromatic rings. The van der Waals surface area contributed by atoms with Crippen LogP contribution in [0, 0.1) is 0 Å². The number of rotatable bonds is 6. The summed E-state index contributed by atoms with van der Waals surface area (Å²) in [5.74, 6) is 0.822. The second-order valence-corrected chi connectivity index (χ2v) is 7.65. The van der Waals surface area contributed by atoms with Crippen LogP contribution in [0.15, 0.2) is 18.3 Å². The van der Waals surface area contributed by atoms with Gasteiger partial charge >= 0.3 is 0 Å². The maximum atomic E-state index is 13.0. The Balaban J connectivity index is 1.55. The van der Waals surface area contributed by atoms with Gasteiger partial charge in [-0.05, 0) is 51.9 Å². The Hall–Kier alpha value is -1.66. The van der Waals surface area contributed by atoms with Gasteiger partial charge in [0.15, 0.2) is 0 Å². The largest absolute Gasteiger partial charge is 0.368 e. The summed E-state index contributed by atoms with van der Waals surface area (Å²) >= 11 is 0. The number of piperidine rings is 1. The van der Waals surface area contributed by atoms with Gasteiger partial charge in [0.2, 0.25) is 0 Å². The van der Waals surface area contributed by atoms with E-state index in [1.165, 1.54) is 32.4 Å². The minimum absolute atomic E-state index is 0.0991. The Labute approximate surface area is 157 Å². The van der Waals surface area contributed by atoms with Gasteiger partial charge < -0.3 is 15.1 Å². The van der Waals surface area contributed by atoms with Crippen molar-refractivity contribution >= 4 is 11.7 Å². The van der Waals surface area contributed by atoms with Gasteiger partial charge in [-0.25, -0.2) is 4.98 Å². The van der Waals surface area contributed by atoms with E-state index in [4.69, 9.17) is 0 Å². The van der Waals surface area contributed by atoms with E-state index in [-0.39, 0.29) is 5.91 Å². The van der Waals surface area contributed by atoms with Crippen molar-refractivity contribution in [2.45, 2.75) is 39.2 Å². The summed E-state index contributed by atoms with van der Waals surface area (Å²) < 4.78 is 0. The van der Waals surface area contributed by atoms with Gasteiger partial charge in [0.25, 0.3) is 5.91 Å². The second kappa shape index (κ2) is 9.33. The highest BCUT2D eigenvalue weighted by Crippen LogP contribution is 2.17. The lowest BCUT2D eigenvalue weighted by Gasteiger charge is -2.37. The zero-order valence-electron chi connectivity index (χ0n) is 16.3. The van der Waals surface area contributed by atoms with Crippen LogP contribution in [0.2, 0.25) is 0 Å². The Kier molecular flexibility index (Phi) is 6.86. The first-order valence-corrected chi connectivity index (χ1v) is 10.1. The summed E-state index contributed by atoms with van der Waals surface area (Å²) in [7, 11) is 0. The molecule has 1 N–H and O–H groups in total. The minimum atomic E-state index is 0.0991. The highest BCUT2D eigenvalue weighted by atomic mass is 16.2. The number of hydrogen-bond acceptors (Lipinski definition) is 5. The fourth-order valence-electron chi connectivity index (χ4n) is 3.85. The molecule has 0 spiro atoms. The third kappa shape index (κ3) is 4.95. The van der Waals surface area contributed by atoms with E-state index in [2.05, 4.69) is 33.9 Å². The number of piperazine rings is 1. The molecular formula is C20H33N5O. The lowest BCUT2D eigenvalue weighted by Crippen LogP contribution is -2.50. The van der Waals surface area contributed by atoms with Gasteiger partial charge in [0.05, 0.1) is 5.56 Å². The van der Waals surface area contributed by atoms with Crippen molar-refractivity contribution in [2.75, 3.05) is 57.7 Å². The second-order valence-electron chi connectivity index (χ2n) is 7.65. The van der Waals surface area contributed by atoms with Gasteiger partial charge in [-0.3, -0.25) is 9.69 Å². The lowest BCUT2D eigenvalue weighted by atomic mass is 10.1. The van der Waals surface area contributed by atoms with E-state index in [1.54, 1.807) is 6.20 Å². The average molecular weight is 360 g/mol. The van der Waals surface area contributed by atoms with Crippen LogP contribution in [0.5, 0.6) is 0 Å². The summed E-state index contributed by atoms with van der Waals surface area (Å²) in [6, 6.07) is 4.29. The molecule has 0 atom stereocenters. The van der Waals surface area contributed by atoms with E-state index in [0.717, 1.165) is 45.1 Å². The van der Waals surface area contributed by atoms with Crippen LogP contribution in [0.4, 0.5) is 5.82 Å². The normalized spacial score (nSPS) is 19.7. The highest BCUT2D eigenvalue weighted by molar-refractivity contribution is 5.98. The lowest BCUT2D eigenvalue weighted by molar-refractivity contribution is 0.0596. The van der Waals surface area contributed by atoms with Crippen molar-refractivity contribution in [3.63, 3.8) is 0 Å². The van der Waals surface area contributed by atoms with Crippen molar-refractivity contribution in [3.05, 3.63) is 23.9 Å². The molecule has 1 amide bonds. The van der Waals surface area contributed by atoms with Crippen LogP contribution in [-0.2, 0) is 0 Å². The van der Waals surface area contributed by atoms with Gasteiger partial charge in [-0.2, -0.15) is 0 Å². The highest BCUT2D eigenvalue weighted by Gasteiger charge is 2.25. The Bertz CT molecular complexity index is 577. The monoisotopic (exact) mass is 359 g/mol. The van der Waals surface area contributed by atoms with Crippen molar-refractivity contribution in [3.8, 4) is 0 Å².